The molecule has 0 aliphatic heterocycles. The zero-order valence-corrected chi connectivity index (χ0v) is 8.66. The maximum Gasteiger partial charge on any atom is 0.180 e. The maximum atomic E-state index is 5.66. The van der Waals surface area contributed by atoms with Crippen molar-refractivity contribution in [3.05, 3.63) is 10.6 Å². The highest BCUT2D eigenvalue weighted by molar-refractivity contribution is 7.15. The van der Waals surface area contributed by atoms with Gasteiger partial charge >= 0.3 is 0 Å². The van der Waals surface area contributed by atoms with Crippen LogP contribution in [0.3, 0.4) is 0 Å². The number of rotatable bonds is 2. The maximum absolute atomic E-state index is 5.66. The van der Waals surface area contributed by atoms with E-state index in [1.165, 1.54) is 17.0 Å². The lowest BCUT2D eigenvalue weighted by atomic mass is 9.98. The van der Waals surface area contributed by atoms with E-state index in [0.29, 0.717) is 6.04 Å². The molecule has 0 saturated carbocycles. The molecule has 1 aliphatic carbocycles. The first-order chi connectivity index (χ1) is 6.29. The van der Waals surface area contributed by atoms with Crippen LogP contribution < -0.4 is 11.1 Å². The van der Waals surface area contributed by atoms with Crippen LogP contribution in [0, 0.1) is 0 Å². The molecule has 0 aromatic carbocycles. The van der Waals surface area contributed by atoms with Crippen molar-refractivity contribution < 1.29 is 0 Å². The number of hydrogen-bond donors (Lipinski definition) is 2. The van der Waals surface area contributed by atoms with E-state index < -0.39 is 0 Å². The molecule has 0 unspecified atom stereocenters. The molecule has 72 valence electrons. The normalized spacial score (nSPS) is 21.5. The summed E-state index contributed by atoms with van der Waals surface area (Å²) in [5.74, 6) is 0. The summed E-state index contributed by atoms with van der Waals surface area (Å²) in [5.41, 5.74) is 6.90. The van der Waals surface area contributed by atoms with Gasteiger partial charge in [0, 0.05) is 10.9 Å². The lowest BCUT2D eigenvalue weighted by Gasteiger charge is -2.21. The number of nitrogens with two attached hydrogens (primary N) is 1. The van der Waals surface area contributed by atoms with Crippen LogP contribution in [0.5, 0.6) is 0 Å². The lowest BCUT2D eigenvalue weighted by molar-refractivity contribution is 0.471. The molecule has 4 heteroatoms. The Morgan fingerprint density at radius 3 is 3.31 bits per heavy atom. The molecule has 1 atom stereocenters. The first kappa shape index (κ1) is 8.97. The molecular weight excluding hydrogens is 182 g/mol. The van der Waals surface area contributed by atoms with E-state index in [4.69, 9.17) is 5.73 Å². The number of fused-ring (bicyclic) bond motifs is 1. The third kappa shape index (κ3) is 1.84. The van der Waals surface area contributed by atoms with Crippen LogP contribution in [-0.2, 0) is 12.8 Å². The first-order valence-electron chi connectivity index (χ1n) is 4.77. The minimum Gasteiger partial charge on any atom is -0.375 e. The first-order valence-corrected chi connectivity index (χ1v) is 5.58. The van der Waals surface area contributed by atoms with Crippen LogP contribution in [0.2, 0.25) is 0 Å². The van der Waals surface area contributed by atoms with E-state index in [2.05, 4.69) is 17.2 Å². The summed E-state index contributed by atoms with van der Waals surface area (Å²) < 4.78 is 0. The number of hydrogen-bond acceptors (Lipinski definition) is 4. The Kier molecular flexibility index (Phi) is 2.51. The summed E-state index contributed by atoms with van der Waals surface area (Å²) in [6.07, 6.45) is 3.39. The van der Waals surface area contributed by atoms with Gasteiger partial charge in [-0.05, 0) is 25.8 Å². The third-order valence-corrected chi connectivity index (χ3v) is 3.40. The molecule has 2 rings (SSSR count). The van der Waals surface area contributed by atoms with E-state index >= 15 is 0 Å². The van der Waals surface area contributed by atoms with Crippen LogP contribution in [0.4, 0.5) is 5.13 Å². The number of nitrogen functional groups attached to an aromatic ring is 1. The number of aromatic nitrogens is 1. The lowest BCUT2D eigenvalue weighted by Crippen LogP contribution is -2.33. The largest absolute Gasteiger partial charge is 0.375 e. The van der Waals surface area contributed by atoms with Crippen molar-refractivity contribution in [3.8, 4) is 0 Å². The molecule has 3 nitrogen and oxygen atoms in total. The molecule has 1 aromatic rings. The molecule has 1 heterocycles. The van der Waals surface area contributed by atoms with Crippen molar-refractivity contribution in [3.63, 3.8) is 0 Å². The van der Waals surface area contributed by atoms with Gasteiger partial charge in [-0.2, -0.15) is 0 Å². The van der Waals surface area contributed by atoms with E-state index in [1.807, 2.05) is 0 Å². The molecule has 0 bridgehead atoms. The number of thiazole rings is 1. The van der Waals surface area contributed by atoms with Crippen LogP contribution in [0.15, 0.2) is 0 Å². The number of anilines is 1. The fraction of sp³-hybridized carbons (Fsp3) is 0.667. The van der Waals surface area contributed by atoms with Crippen molar-refractivity contribution >= 4 is 16.5 Å². The molecule has 13 heavy (non-hydrogen) atoms. The van der Waals surface area contributed by atoms with Gasteiger partial charge in [-0.25, -0.2) is 4.98 Å². The Balaban J connectivity index is 2.10. The highest BCUT2D eigenvalue weighted by atomic mass is 32.1. The highest BCUT2D eigenvalue weighted by Gasteiger charge is 2.20. The van der Waals surface area contributed by atoms with Crippen LogP contribution in [0.1, 0.15) is 23.9 Å². The molecule has 0 amide bonds. The Labute approximate surface area is 82.4 Å². The average Bonchev–Trinajstić information content (AvgIpc) is 2.44. The van der Waals surface area contributed by atoms with Crippen LogP contribution in [-0.4, -0.2) is 17.6 Å². The molecule has 0 fully saturated rings. The highest BCUT2D eigenvalue weighted by Crippen LogP contribution is 2.27. The Morgan fingerprint density at radius 2 is 2.54 bits per heavy atom. The third-order valence-electron chi connectivity index (χ3n) is 2.45. The van der Waals surface area contributed by atoms with Gasteiger partial charge in [-0.1, -0.05) is 6.92 Å². The SMILES string of the molecule is CCN[C@H]1CCc2nc(N)sc2C1. The number of nitrogens with zero attached hydrogens (tertiary/aromatic N) is 1. The second kappa shape index (κ2) is 3.64. The Bertz CT molecular complexity index is 295. The predicted molar refractivity (Wildman–Crippen MR) is 56.0 cm³/mol. The molecule has 1 aromatic heterocycles. The second-order valence-corrected chi connectivity index (χ2v) is 4.53. The van der Waals surface area contributed by atoms with E-state index in [-0.39, 0.29) is 0 Å². The zero-order chi connectivity index (χ0) is 9.26. The van der Waals surface area contributed by atoms with Gasteiger partial charge in [-0.15, -0.1) is 11.3 Å². The predicted octanol–water partition coefficient (Wildman–Crippen LogP) is 1.19. The summed E-state index contributed by atoms with van der Waals surface area (Å²) in [6, 6.07) is 0.636. The minimum atomic E-state index is 0.636. The quantitative estimate of drug-likeness (QED) is 0.749. The van der Waals surface area contributed by atoms with Crippen LogP contribution in [0.25, 0.3) is 0 Å². The number of aryl methyl sites for hydroxylation is 1. The van der Waals surface area contributed by atoms with E-state index in [1.54, 1.807) is 11.3 Å². The fourth-order valence-electron chi connectivity index (χ4n) is 1.86. The Hall–Kier alpha value is -0.610. The van der Waals surface area contributed by atoms with Crippen molar-refractivity contribution in [2.45, 2.75) is 32.2 Å². The average molecular weight is 197 g/mol. The van der Waals surface area contributed by atoms with Crippen molar-refractivity contribution in [2.24, 2.45) is 0 Å². The van der Waals surface area contributed by atoms with Gasteiger partial charge in [0.15, 0.2) is 5.13 Å². The molecular formula is C9H15N3S. The van der Waals surface area contributed by atoms with Gasteiger partial charge in [0.2, 0.25) is 0 Å². The summed E-state index contributed by atoms with van der Waals surface area (Å²) in [7, 11) is 0. The molecule has 1 aliphatic rings. The molecule has 3 N–H and O–H groups in total. The van der Waals surface area contributed by atoms with Gasteiger partial charge in [0.25, 0.3) is 0 Å². The van der Waals surface area contributed by atoms with Crippen molar-refractivity contribution in [2.75, 3.05) is 12.3 Å². The standard InChI is InChI=1S/C9H15N3S/c1-2-11-6-3-4-7-8(5-6)13-9(10)12-7/h6,11H,2-5H2,1H3,(H2,10,12)/t6-/m0/s1. The van der Waals surface area contributed by atoms with Gasteiger partial charge < -0.3 is 11.1 Å². The van der Waals surface area contributed by atoms with E-state index in [9.17, 15) is 0 Å². The van der Waals surface area contributed by atoms with Crippen LogP contribution >= 0.6 is 11.3 Å². The summed E-state index contributed by atoms with van der Waals surface area (Å²) in [4.78, 5) is 5.70. The monoisotopic (exact) mass is 197 g/mol. The zero-order valence-electron chi connectivity index (χ0n) is 7.84. The fourth-order valence-corrected chi connectivity index (χ4v) is 2.82. The van der Waals surface area contributed by atoms with Gasteiger partial charge in [-0.3, -0.25) is 0 Å². The van der Waals surface area contributed by atoms with E-state index in [0.717, 1.165) is 24.5 Å². The second-order valence-electron chi connectivity index (χ2n) is 3.42. The Morgan fingerprint density at radius 1 is 1.69 bits per heavy atom. The topological polar surface area (TPSA) is 50.9 Å². The minimum absolute atomic E-state index is 0.636. The molecule has 0 spiro atoms. The molecule has 0 radical (unpaired) electrons. The van der Waals surface area contributed by atoms with Crippen molar-refractivity contribution in [1.82, 2.24) is 10.3 Å². The molecule has 0 saturated heterocycles. The van der Waals surface area contributed by atoms with Gasteiger partial charge in [0.1, 0.15) is 0 Å². The summed E-state index contributed by atoms with van der Waals surface area (Å²) in [6.45, 7) is 3.20. The summed E-state index contributed by atoms with van der Waals surface area (Å²) >= 11 is 1.65. The number of nitrogens with one attached hydrogen (secondary N) is 1. The smallest absolute Gasteiger partial charge is 0.180 e. The summed E-state index contributed by atoms with van der Waals surface area (Å²) in [5, 5.41) is 4.20. The number of likely N-dealkylation sites (N-methyl/N-ethyl adjacent to an activating group) is 1. The van der Waals surface area contributed by atoms with Crippen molar-refractivity contribution in [1.29, 1.82) is 0 Å². The van der Waals surface area contributed by atoms with Gasteiger partial charge in [0.05, 0.1) is 5.69 Å².